The van der Waals surface area contributed by atoms with Gasteiger partial charge in [0.05, 0.1) is 25.3 Å². The number of aromatic nitrogens is 2. The second-order valence-corrected chi connectivity index (χ2v) is 7.96. The van der Waals surface area contributed by atoms with E-state index in [1.165, 1.54) is 23.6 Å². The van der Waals surface area contributed by atoms with Gasteiger partial charge in [0.25, 0.3) is 5.91 Å². The van der Waals surface area contributed by atoms with Gasteiger partial charge in [0.2, 0.25) is 11.8 Å². The molecule has 2 N–H and O–H groups in total. The summed E-state index contributed by atoms with van der Waals surface area (Å²) in [5.74, 6) is -1.09. The number of carbonyl (C=O) groups excluding carboxylic acids is 4. The van der Waals surface area contributed by atoms with Gasteiger partial charge in [-0.15, -0.1) is 0 Å². The summed E-state index contributed by atoms with van der Waals surface area (Å²) in [4.78, 5) is 63.9. The molecule has 0 aromatic carbocycles. The summed E-state index contributed by atoms with van der Waals surface area (Å²) in [5, 5.41) is 5.50. The van der Waals surface area contributed by atoms with Crippen LogP contribution in [0.2, 0.25) is 0 Å². The molecule has 0 bridgehead atoms. The zero-order valence-electron chi connectivity index (χ0n) is 17.7. The Hall–Kier alpha value is -3.28. The average molecular weight is 445 g/mol. The molecule has 12 nitrogen and oxygen atoms in total. The van der Waals surface area contributed by atoms with Gasteiger partial charge in [-0.25, -0.2) is 14.8 Å². The van der Waals surface area contributed by atoms with Crippen LogP contribution >= 0.6 is 0 Å². The molecule has 1 aromatic heterocycles. The summed E-state index contributed by atoms with van der Waals surface area (Å²) in [7, 11) is 0. The highest BCUT2D eigenvalue weighted by Gasteiger charge is 2.40. The zero-order valence-corrected chi connectivity index (χ0v) is 17.7. The van der Waals surface area contributed by atoms with Crippen LogP contribution < -0.4 is 10.6 Å². The van der Waals surface area contributed by atoms with E-state index in [1.807, 2.05) is 0 Å². The Labute approximate surface area is 185 Å². The van der Waals surface area contributed by atoms with Gasteiger partial charge < -0.3 is 30.1 Å². The van der Waals surface area contributed by atoms with Crippen molar-refractivity contribution in [2.24, 2.45) is 0 Å². The molecule has 4 heterocycles. The van der Waals surface area contributed by atoms with Gasteiger partial charge in [0.1, 0.15) is 18.4 Å². The van der Waals surface area contributed by atoms with E-state index in [9.17, 15) is 19.2 Å². The summed E-state index contributed by atoms with van der Waals surface area (Å²) in [6, 6.07) is -1.77. The van der Waals surface area contributed by atoms with Crippen LogP contribution in [0.4, 0.5) is 4.79 Å². The largest absolute Gasteiger partial charge is 0.378 e. The fourth-order valence-electron chi connectivity index (χ4n) is 4.13. The molecule has 4 rings (SSSR count). The molecule has 1 aromatic rings. The van der Waals surface area contributed by atoms with Crippen molar-refractivity contribution in [2.75, 3.05) is 52.5 Å². The number of nitrogens with one attached hydrogen (secondary N) is 2. The first-order valence-corrected chi connectivity index (χ1v) is 10.8. The van der Waals surface area contributed by atoms with Gasteiger partial charge in [0.15, 0.2) is 0 Å². The Morgan fingerprint density at radius 3 is 2.53 bits per heavy atom. The molecule has 0 unspecified atom stereocenters. The Balaban J connectivity index is 1.51. The molecule has 3 saturated heterocycles. The molecule has 3 fully saturated rings. The van der Waals surface area contributed by atoms with Crippen LogP contribution in [0, 0.1) is 0 Å². The molecular formula is C20H27N7O5. The van der Waals surface area contributed by atoms with Crippen LogP contribution in [0.25, 0.3) is 0 Å². The highest BCUT2D eigenvalue weighted by Crippen LogP contribution is 2.17. The van der Waals surface area contributed by atoms with E-state index in [0.29, 0.717) is 45.8 Å². The van der Waals surface area contributed by atoms with E-state index in [-0.39, 0.29) is 30.6 Å². The third kappa shape index (κ3) is 4.79. The van der Waals surface area contributed by atoms with Crippen molar-refractivity contribution in [1.82, 2.24) is 35.3 Å². The SMILES string of the molecule is O=C1NCCC[C@@H]1NC(=O)[C@H]1CN(C(=O)N2CCOCC2)CCN1C(=O)c1cncnc1. The summed E-state index contributed by atoms with van der Waals surface area (Å²) < 4.78 is 5.31. The second-order valence-electron chi connectivity index (χ2n) is 7.96. The molecule has 172 valence electrons. The van der Waals surface area contributed by atoms with Gasteiger partial charge >= 0.3 is 6.03 Å². The normalized spacial score (nSPS) is 24.0. The Bertz CT molecular complexity index is 861. The summed E-state index contributed by atoms with van der Waals surface area (Å²) in [5.41, 5.74) is 0.258. The Kier molecular flexibility index (Phi) is 6.78. The minimum Gasteiger partial charge on any atom is -0.378 e. The van der Waals surface area contributed by atoms with E-state index < -0.39 is 23.9 Å². The van der Waals surface area contributed by atoms with Crippen LogP contribution in [0.5, 0.6) is 0 Å². The molecule has 3 aliphatic rings. The number of hydrogen-bond donors (Lipinski definition) is 2. The first-order chi connectivity index (χ1) is 15.5. The standard InChI is InChI=1S/C20H27N7O5/c28-17-15(2-1-3-23-17)24-18(29)16-12-26(20(31)25-6-8-32-9-7-25)4-5-27(16)19(30)14-10-21-13-22-11-14/h10-11,13,15-16H,1-9,12H2,(H,23,28)(H,24,29)/t15-,16+/m0/s1. The number of rotatable bonds is 3. The smallest absolute Gasteiger partial charge is 0.320 e. The number of nitrogens with zero attached hydrogens (tertiary/aromatic N) is 5. The molecule has 2 atom stereocenters. The van der Waals surface area contributed by atoms with E-state index in [0.717, 1.165) is 6.42 Å². The van der Waals surface area contributed by atoms with E-state index in [2.05, 4.69) is 20.6 Å². The van der Waals surface area contributed by atoms with Gasteiger partial charge in [-0.2, -0.15) is 0 Å². The topological polar surface area (TPSA) is 137 Å². The van der Waals surface area contributed by atoms with Crippen LogP contribution in [0.15, 0.2) is 18.7 Å². The van der Waals surface area contributed by atoms with E-state index in [1.54, 1.807) is 9.80 Å². The predicted octanol–water partition coefficient (Wildman–Crippen LogP) is -1.55. The lowest BCUT2D eigenvalue weighted by molar-refractivity contribution is -0.133. The van der Waals surface area contributed by atoms with Crippen molar-refractivity contribution in [3.05, 3.63) is 24.3 Å². The predicted molar refractivity (Wildman–Crippen MR) is 110 cm³/mol. The number of hydrogen-bond acceptors (Lipinski definition) is 7. The maximum Gasteiger partial charge on any atom is 0.320 e. The van der Waals surface area contributed by atoms with Gasteiger partial charge in [-0.1, -0.05) is 0 Å². The molecule has 12 heteroatoms. The molecule has 5 amide bonds. The van der Waals surface area contributed by atoms with Crippen LogP contribution in [0.3, 0.4) is 0 Å². The number of morpholine rings is 1. The lowest BCUT2D eigenvalue weighted by atomic mass is 10.0. The molecule has 0 spiro atoms. The van der Waals surface area contributed by atoms with Crippen LogP contribution in [-0.2, 0) is 14.3 Å². The van der Waals surface area contributed by atoms with Crippen LogP contribution in [-0.4, -0.2) is 113 Å². The van der Waals surface area contributed by atoms with Gasteiger partial charge in [0, 0.05) is 45.1 Å². The third-order valence-corrected chi connectivity index (χ3v) is 5.91. The molecule has 3 aliphatic heterocycles. The molecular weight excluding hydrogens is 418 g/mol. The first kappa shape index (κ1) is 21.9. The highest BCUT2D eigenvalue weighted by atomic mass is 16.5. The lowest BCUT2D eigenvalue weighted by Gasteiger charge is -2.42. The number of carbonyl (C=O) groups is 4. The van der Waals surface area contributed by atoms with Crippen molar-refractivity contribution in [2.45, 2.75) is 24.9 Å². The fourth-order valence-corrected chi connectivity index (χ4v) is 4.13. The van der Waals surface area contributed by atoms with Gasteiger partial charge in [-0.3, -0.25) is 14.4 Å². The Morgan fingerprint density at radius 2 is 1.81 bits per heavy atom. The van der Waals surface area contributed by atoms with E-state index >= 15 is 0 Å². The fraction of sp³-hybridized carbons (Fsp3) is 0.600. The monoisotopic (exact) mass is 445 g/mol. The summed E-state index contributed by atoms with van der Waals surface area (Å²) in [6.07, 6.45) is 5.39. The lowest BCUT2D eigenvalue weighted by Crippen LogP contribution is -2.65. The molecule has 0 aliphatic carbocycles. The third-order valence-electron chi connectivity index (χ3n) is 5.91. The number of piperidine rings is 1. The maximum atomic E-state index is 13.2. The minimum absolute atomic E-state index is 0.0375. The van der Waals surface area contributed by atoms with Crippen molar-refractivity contribution in [3.8, 4) is 0 Å². The number of piperazine rings is 1. The molecule has 0 saturated carbocycles. The average Bonchev–Trinajstić information content (AvgIpc) is 2.85. The zero-order chi connectivity index (χ0) is 22.5. The second kappa shape index (κ2) is 9.90. The van der Waals surface area contributed by atoms with Crippen molar-refractivity contribution >= 4 is 23.8 Å². The number of ether oxygens (including phenoxy) is 1. The molecule has 0 radical (unpaired) electrons. The molecule has 32 heavy (non-hydrogen) atoms. The number of amides is 5. The van der Waals surface area contributed by atoms with E-state index in [4.69, 9.17) is 4.74 Å². The highest BCUT2D eigenvalue weighted by molar-refractivity contribution is 5.98. The van der Waals surface area contributed by atoms with Gasteiger partial charge in [-0.05, 0) is 12.8 Å². The summed E-state index contributed by atoms with van der Waals surface area (Å²) in [6.45, 7) is 3.00. The van der Waals surface area contributed by atoms with Crippen molar-refractivity contribution in [3.63, 3.8) is 0 Å². The van der Waals surface area contributed by atoms with Crippen molar-refractivity contribution < 1.29 is 23.9 Å². The van der Waals surface area contributed by atoms with Crippen molar-refractivity contribution in [1.29, 1.82) is 0 Å². The number of urea groups is 1. The first-order valence-electron chi connectivity index (χ1n) is 10.8. The Morgan fingerprint density at radius 1 is 1.06 bits per heavy atom. The quantitative estimate of drug-likeness (QED) is 0.575. The maximum absolute atomic E-state index is 13.2. The summed E-state index contributed by atoms with van der Waals surface area (Å²) >= 11 is 0. The van der Waals surface area contributed by atoms with Crippen LogP contribution in [0.1, 0.15) is 23.2 Å². The minimum atomic E-state index is -0.934.